The fraction of sp³-hybridized carbons (Fsp3) is 0.150. The highest BCUT2D eigenvalue weighted by molar-refractivity contribution is 6.01. The van der Waals surface area contributed by atoms with E-state index in [1.165, 1.54) is 0 Å². The molecule has 0 aliphatic carbocycles. The SMILES string of the molecule is COc1ccc(C(C)NC(=O)/C(C#N)=C\NC(=O)c2ccccc2N)cc1. The standard InChI is InChI=1S/C20H20N4O3/c1-13(14-7-9-16(27-2)10-8-14)24-19(25)15(11-21)12-23-20(26)17-5-3-4-6-18(17)22/h3-10,12-13H,22H2,1-2H3,(H,23,26)(H,24,25)/b15-12-. The lowest BCUT2D eigenvalue weighted by Gasteiger charge is -2.14. The number of anilines is 1. The van der Waals surface area contributed by atoms with Crippen molar-refractivity contribution in [3.05, 3.63) is 71.4 Å². The number of amides is 2. The molecule has 1 unspecified atom stereocenters. The summed E-state index contributed by atoms with van der Waals surface area (Å²) in [5.41, 5.74) is 6.93. The number of para-hydroxylation sites is 1. The molecular weight excluding hydrogens is 344 g/mol. The van der Waals surface area contributed by atoms with Crippen LogP contribution in [0.1, 0.15) is 28.9 Å². The van der Waals surface area contributed by atoms with Crippen LogP contribution < -0.4 is 21.1 Å². The van der Waals surface area contributed by atoms with Crippen molar-refractivity contribution in [2.24, 2.45) is 0 Å². The van der Waals surface area contributed by atoms with E-state index < -0.39 is 11.8 Å². The molecule has 0 spiro atoms. The maximum absolute atomic E-state index is 12.3. The molecule has 4 N–H and O–H groups in total. The lowest BCUT2D eigenvalue weighted by atomic mass is 10.1. The Hall–Kier alpha value is -3.79. The molecule has 1 atom stereocenters. The molecule has 7 nitrogen and oxygen atoms in total. The number of hydrogen-bond donors (Lipinski definition) is 3. The van der Waals surface area contributed by atoms with E-state index in [1.807, 2.05) is 12.1 Å². The Kier molecular flexibility index (Phi) is 6.55. The zero-order valence-corrected chi connectivity index (χ0v) is 15.0. The van der Waals surface area contributed by atoms with Crippen LogP contribution in [0.2, 0.25) is 0 Å². The largest absolute Gasteiger partial charge is 0.497 e. The molecule has 27 heavy (non-hydrogen) atoms. The zero-order chi connectivity index (χ0) is 19.8. The van der Waals surface area contributed by atoms with Gasteiger partial charge in [-0.25, -0.2) is 0 Å². The van der Waals surface area contributed by atoms with Crippen LogP contribution in [0.3, 0.4) is 0 Å². The van der Waals surface area contributed by atoms with Gasteiger partial charge in [0, 0.05) is 11.9 Å². The Bertz CT molecular complexity index is 898. The van der Waals surface area contributed by atoms with E-state index in [4.69, 9.17) is 10.5 Å². The van der Waals surface area contributed by atoms with Gasteiger partial charge in [-0.1, -0.05) is 24.3 Å². The molecule has 0 radical (unpaired) electrons. The quantitative estimate of drug-likeness (QED) is 0.413. The number of nitrogen functional groups attached to an aromatic ring is 1. The number of nitrogens with zero attached hydrogens (tertiary/aromatic N) is 1. The number of carbonyl (C=O) groups is 2. The molecule has 0 saturated heterocycles. The second-order valence-corrected chi connectivity index (χ2v) is 5.70. The highest BCUT2D eigenvalue weighted by Crippen LogP contribution is 2.17. The van der Waals surface area contributed by atoms with Gasteiger partial charge in [0.05, 0.1) is 18.7 Å². The van der Waals surface area contributed by atoms with Crippen LogP contribution in [0.5, 0.6) is 5.75 Å². The topological polar surface area (TPSA) is 117 Å². The second kappa shape index (κ2) is 9.06. The predicted molar refractivity (Wildman–Crippen MR) is 102 cm³/mol. The van der Waals surface area contributed by atoms with E-state index in [1.54, 1.807) is 56.5 Å². The normalized spacial score (nSPS) is 11.8. The number of carbonyl (C=O) groups excluding carboxylic acids is 2. The fourth-order valence-corrected chi connectivity index (χ4v) is 2.32. The number of nitrogens with one attached hydrogen (secondary N) is 2. The number of hydrogen-bond acceptors (Lipinski definition) is 5. The average molecular weight is 364 g/mol. The molecule has 0 bridgehead atoms. The summed E-state index contributed by atoms with van der Waals surface area (Å²) in [5.74, 6) is -0.392. The minimum absolute atomic E-state index is 0.224. The number of nitrogens with two attached hydrogens (primary N) is 1. The van der Waals surface area contributed by atoms with Gasteiger partial charge in [0.2, 0.25) is 0 Å². The van der Waals surface area contributed by atoms with E-state index in [2.05, 4.69) is 10.6 Å². The molecule has 2 rings (SSSR count). The Labute approximate surface area is 157 Å². The van der Waals surface area contributed by atoms with E-state index in [0.717, 1.165) is 11.8 Å². The lowest BCUT2D eigenvalue weighted by molar-refractivity contribution is -0.117. The summed E-state index contributed by atoms with van der Waals surface area (Å²) in [6.07, 6.45) is 1.07. The van der Waals surface area contributed by atoms with E-state index in [0.29, 0.717) is 11.4 Å². The summed E-state index contributed by atoms with van der Waals surface area (Å²) in [5, 5.41) is 14.3. The molecule has 0 heterocycles. The van der Waals surface area contributed by atoms with Crippen molar-refractivity contribution in [2.45, 2.75) is 13.0 Å². The van der Waals surface area contributed by atoms with E-state index in [9.17, 15) is 14.9 Å². The number of ether oxygens (including phenoxy) is 1. The first-order valence-electron chi connectivity index (χ1n) is 8.16. The minimum atomic E-state index is -0.595. The monoisotopic (exact) mass is 364 g/mol. The van der Waals surface area contributed by atoms with Crippen molar-refractivity contribution in [3.63, 3.8) is 0 Å². The maximum Gasteiger partial charge on any atom is 0.263 e. The van der Waals surface area contributed by atoms with Gasteiger partial charge in [-0.2, -0.15) is 5.26 Å². The van der Waals surface area contributed by atoms with Crippen LogP contribution in [-0.2, 0) is 4.79 Å². The highest BCUT2D eigenvalue weighted by Gasteiger charge is 2.15. The van der Waals surface area contributed by atoms with Gasteiger partial charge in [-0.3, -0.25) is 9.59 Å². The number of nitriles is 1. The lowest BCUT2D eigenvalue weighted by Crippen LogP contribution is -2.29. The van der Waals surface area contributed by atoms with Crippen LogP contribution in [0.25, 0.3) is 0 Å². The third-order valence-corrected chi connectivity index (χ3v) is 3.88. The van der Waals surface area contributed by atoms with Gasteiger partial charge >= 0.3 is 0 Å². The molecule has 138 valence electrons. The van der Waals surface area contributed by atoms with Crippen molar-refractivity contribution in [1.29, 1.82) is 5.26 Å². The van der Waals surface area contributed by atoms with Crippen LogP contribution >= 0.6 is 0 Å². The number of rotatable bonds is 6. The van der Waals surface area contributed by atoms with Gasteiger partial charge in [-0.15, -0.1) is 0 Å². The predicted octanol–water partition coefficient (Wildman–Crippen LogP) is 2.29. The van der Waals surface area contributed by atoms with E-state index >= 15 is 0 Å². The molecule has 0 saturated carbocycles. The smallest absolute Gasteiger partial charge is 0.263 e. The first kappa shape index (κ1) is 19.5. The summed E-state index contributed by atoms with van der Waals surface area (Å²) in [4.78, 5) is 24.4. The molecule has 0 aliphatic heterocycles. The fourth-order valence-electron chi connectivity index (χ4n) is 2.32. The first-order chi connectivity index (χ1) is 13.0. The van der Waals surface area contributed by atoms with Crippen LogP contribution in [0.15, 0.2) is 60.3 Å². The summed E-state index contributed by atoms with van der Waals surface area (Å²) < 4.78 is 5.10. The van der Waals surface area contributed by atoms with Crippen molar-refractivity contribution in [1.82, 2.24) is 10.6 Å². The molecular formula is C20H20N4O3. The van der Waals surface area contributed by atoms with Crippen molar-refractivity contribution in [2.75, 3.05) is 12.8 Å². The molecule has 0 fully saturated rings. The van der Waals surface area contributed by atoms with Gasteiger partial charge in [-0.05, 0) is 36.8 Å². The number of methoxy groups -OCH3 is 1. The van der Waals surface area contributed by atoms with Crippen LogP contribution in [0, 0.1) is 11.3 Å². The third kappa shape index (κ3) is 5.09. The minimum Gasteiger partial charge on any atom is -0.497 e. The summed E-state index contributed by atoms with van der Waals surface area (Å²) in [6, 6.07) is 15.2. The Balaban J connectivity index is 2.04. The second-order valence-electron chi connectivity index (χ2n) is 5.70. The summed E-state index contributed by atoms with van der Waals surface area (Å²) in [6.45, 7) is 1.79. The molecule has 7 heteroatoms. The van der Waals surface area contributed by atoms with Crippen molar-refractivity contribution in [3.8, 4) is 11.8 Å². The van der Waals surface area contributed by atoms with Crippen LogP contribution in [-0.4, -0.2) is 18.9 Å². The van der Waals surface area contributed by atoms with Crippen molar-refractivity contribution >= 4 is 17.5 Å². The highest BCUT2D eigenvalue weighted by atomic mass is 16.5. The Morgan fingerprint density at radius 1 is 1.19 bits per heavy atom. The Morgan fingerprint density at radius 2 is 1.85 bits per heavy atom. The maximum atomic E-state index is 12.3. The van der Waals surface area contributed by atoms with Gasteiger partial charge in [0.25, 0.3) is 11.8 Å². The zero-order valence-electron chi connectivity index (χ0n) is 15.0. The van der Waals surface area contributed by atoms with Gasteiger partial charge in [0.1, 0.15) is 17.4 Å². The molecule has 0 aromatic heterocycles. The molecule has 0 aliphatic rings. The molecule has 2 aromatic carbocycles. The summed E-state index contributed by atoms with van der Waals surface area (Å²) in [7, 11) is 1.57. The summed E-state index contributed by atoms with van der Waals surface area (Å²) >= 11 is 0. The van der Waals surface area contributed by atoms with Crippen LogP contribution in [0.4, 0.5) is 5.69 Å². The van der Waals surface area contributed by atoms with Gasteiger partial charge in [0.15, 0.2) is 0 Å². The Morgan fingerprint density at radius 3 is 2.44 bits per heavy atom. The average Bonchev–Trinajstić information content (AvgIpc) is 2.68. The van der Waals surface area contributed by atoms with Gasteiger partial charge < -0.3 is 21.1 Å². The molecule has 2 aromatic rings. The first-order valence-corrected chi connectivity index (χ1v) is 8.16. The third-order valence-electron chi connectivity index (χ3n) is 3.88. The van der Waals surface area contributed by atoms with E-state index in [-0.39, 0.29) is 17.2 Å². The van der Waals surface area contributed by atoms with Crippen molar-refractivity contribution < 1.29 is 14.3 Å². The molecule has 2 amide bonds. The number of benzene rings is 2.